The van der Waals surface area contributed by atoms with Crippen LogP contribution >= 0.6 is 0 Å². The Labute approximate surface area is 171 Å². The highest BCUT2D eigenvalue weighted by atomic mass is 16.3. The lowest BCUT2D eigenvalue weighted by Crippen LogP contribution is -2.30. The summed E-state index contributed by atoms with van der Waals surface area (Å²) in [6.45, 7) is 2.15. The van der Waals surface area contributed by atoms with Crippen LogP contribution in [-0.4, -0.2) is 0 Å². The van der Waals surface area contributed by atoms with Crippen LogP contribution in [0.5, 0.6) is 0 Å². The maximum atomic E-state index is 9.62. The predicted molar refractivity (Wildman–Crippen MR) is 116 cm³/mol. The first-order valence-corrected chi connectivity index (χ1v) is 10.5. The molecule has 0 aliphatic heterocycles. The average Bonchev–Trinajstić information content (AvgIpc) is 3.11. The summed E-state index contributed by atoms with van der Waals surface area (Å²) < 4.78 is 8.61. The van der Waals surface area contributed by atoms with Crippen molar-refractivity contribution in [1.82, 2.24) is 0 Å². The number of nitriles is 1. The monoisotopic (exact) mass is 381 g/mol. The van der Waals surface area contributed by atoms with Crippen molar-refractivity contribution >= 4 is 21.9 Å². The van der Waals surface area contributed by atoms with Crippen LogP contribution in [-0.2, 0) is 7.05 Å². The van der Waals surface area contributed by atoms with Crippen molar-refractivity contribution in [3.63, 3.8) is 0 Å². The van der Waals surface area contributed by atoms with E-state index in [2.05, 4.69) is 61.1 Å². The molecule has 0 amide bonds. The van der Waals surface area contributed by atoms with Gasteiger partial charge in [-0.05, 0) is 67.1 Å². The first-order valence-electron chi connectivity index (χ1n) is 10.5. The normalized spacial score (nSPS) is 15.1. The fraction of sp³-hybridized carbons (Fsp3) is 0.308. The first-order chi connectivity index (χ1) is 14.2. The van der Waals surface area contributed by atoms with E-state index in [9.17, 15) is 5.26 Å². The predicted octanol–water partition coefficient (Wildman–Crippen LogP) is 6.31. The van der Waals surface area contributed by atoms with Crippen molar-refractivity contribution < 1.29 is 8.98 Å². The van der Waals surface area contributed by atoms with E-state index in [-0.39, 0.29) is 0 Å². The molecule has 0 radical (unpaired) electrons. The summed E-state index contributed by atoms with van der Waals surface area (Å²) in [5.41, 5.74) is 7.38. The fourth-order valence-electron chi connectivity index (χ4n) is 4.92. The number of aromatic nitrogens is 1. The highest BCUT2D eigenvalue weighted by molar-refractivity contribution is 6.07. The third-order valence-corrected chi connectivity index (χ3v) is 6.45. The minimum absolute atomic E-state index is 0.493. The molecule has 29 heavy (non-hydrogen) atoms. The zero-order chi connectivity index (χ0) is 20.0. The number of pyridine rings is 1. The highest BCUT2D eigenvalue weighted by Crippen LogP contribution is 2.41. The molecular weight excluding hydrogens is 356 g/mol. The van der Waals surface area contributed by atoms with Gasteiger partial charge in [-0.1, -0.05) is 19.3 Å². The molecule has 1 aliphatic carbocycles. The Bertz CT molecular complexity index is 1270. The van der Waals surface area contributed by atoms with Gasteiger partial charge in [-0.25, -0.2) is 4.57 Å². The Morgan fingerprint density at radius 1 is 1.03 bits per heavy atom. The summed E-state index contributed by atoms with van der Waals surface area (Å²) in [6.07, 6.45) is 8.27. The molecule has 1 fully saturated rings. The number of fused-ring (bicyclic) bond motifs is 3. The van der Waals surface area contributed by atoms with Gasteiger partial charge in [-0.3, -0.25) is 0 Å². The molecule has 0 unspecified atom stereocenters. The topological polar surface area (TPSA) is 40.8 Å². The van der Waals surface area contributed by atoms with E-state index in [1.165, 1.54) is 48.8 Å². The Hall–Kier alpha value is -3.12. The molecule has 0 atom stereocenters. The molecule has 4 aromatic rings. The third kappa shape index (κ3) is 3.00. The van der Waals surface area contributed by atoms with Crippen LogP contribution in [0.3, 0.4) is 0 Å². The molecule has 1 saturated carbocycles. The van der Waals surface area contributed by atoms with Gasteiger partial charge < -0.3 is 4.42 Å². The van der Waals surface area contributed by atoms with E-state index >= 15 is 0 Å². The van der Waals surface area contributed by atoms with Crippen LogP contribution in [0.1, 0.15) is 54.7 Å². The van der Waals surface area contributed by atoms with Gasteiger partial charge in [-0.15, -0.1) is 0 Å². The number of hydrogen-bond acceptors (Lipinski definition) is 2. The van der Waals surface area contributed by atoms with Crippen molar-refractivity contribution in [3.05, 3.63) is 65.4 Å². The Morgan fingerprint density at radius 3 is 2.62 bits per heavy atom. The number of furan rings is 1. The van der Waals surface area contributed by atoms with Gasteiger partial charge in [0.2, 0.25) is 5.69 Å². The van der Waals surface area contributed by atoms with E-state index < -0.39 is 0 Å². The second-order valence-corrected chi connectivity index (χ2v) is 8.35. The molecule has 0 saturated heterocycles. The number of benzene rings is 2. The molecule has 3 heteroatoms. The minimum atomic E-state index is 0.493. The molecule has 0 N–H and O–H groups in total. The number of rotatable bonds is 2. The maximum Gasteiger partial charge on any atom is 0.212 e. The summed E-state index contributed by atoms with van der Waals surface area (Å²) in [7, 11) is 2.07. The van der Waals surface area contributed by atoms with Crippen LogP contribution in [0.2, 0.25) is 0 Å². The Kier molecular flexibility index (Phi) is 4.36. The molecule has 1 aliphatic rings. The molecule has 2 heterocycles. The molecule has 2 aromatic carbocycles. The summed E-state index contributed by atoms with van der Waals surface area (Å²) in [5.74, 6) is 0.493. The summed E-state index contributed by atoms with van der Waals surface area (Å²) in [6, 6.07) is 17.0. The maximum absolute atomic E-state index is 9.62. The molecule has 144 valence electrons. The zero-order valence-electron chi connectivity index (χ0n) is 17.0. The van der Waals surface area contributed by atoms with Gasteiger partial charge in [0.1, 0.15) is 18.2 Å². The number of hydrogen-bond donors (Lipinski definition) is 0. The van der Waals surface area contributed by atoms with Crippen molar-refractivity contribution in [1.29, 1.82) is 5.26 Å². The van der Waals surface area contributed by atoms with Crippen molar-refractivity contribution in [2.45, 2.75) is 44.9 Å². The quantitative estimate of drug-likeness (QED) is 0.382. The summed E-state index contributed by atoms with van der Waals surface area (Å²) in [5, 5.41) is 11.8. The van der Waals surface area contributed by atoms with E-state index in [1.807, 2.05) is 12.1 Å². The largest absolute Gasteiger partial charge is 0.456 e. The van der Waals surface area contributed by atoms with E-state index in [1.54, 1.807) is 0 Å². The van der Waals surface area contributed by atoms with E-state index in [0.29, 0.717) is 5.92 Å². The van der Waals surface area contributed by atoms with Crippen LogP contribution < -0.4 is 4.57 Å². The van der Waals surface area contributed by atoms with Crippen molar-refractivity contribution in [2.24, 2.45) is 7.05 Å². The number of nitrogens with zero attached hydrogens (tertiary/aromatic N) is 2. The second-order valence-electron chi connectivity index (χ2n) is 8.35. The van der Waals surface area contributed by atoms with Gasteiger partial charge in [0, 0.05) is 22.9 Å². The lowest BCUT2D eigenvalue weighted by molar-refractivity contribution is -0.660. The van der Waals surface area contributed by atoms with Crippen LogP contribution in [0.4, 0.5) is 0 Å². The summed E-state index contributed by atoms with van der Waals surface area (Å²) in [4.78, 5) is 0. The highest BCUT2D eigenvalue weighted by Gasteiger charge is 2.23. The fourth-order valence-corrected chi connectivity index (χ4v) is 4.92. The third-order valence-electron chi connectivity index (χ3n) is 6.45. The van der Waals surface area contributed by atoms with Crippen LogP contribution in [0.25, 0.3) is 33.2 Å². The van der Waals surface area contributed by atoms with Crippen LogP contribution in [0, 0.1) is 18.3 Å². The second kappa shape index (κ2) is 7.04. The van der Waals surface area contributed by atoms with Gasteiger partial charge in [0.15, 0.2) is 6.20 Å². The lowest BCUT2D eigenvalue weighted by atomic mass is 9.83. The van der Waals surface area contributed by atoms with Crippen molar-refractivity contribution in [3.8, 4) is 17.3 Å². The molecular formula is C26H25N2O+. The van der Waals surface area contributed by atoms with Gasteiger partial charge in [0.05, 0.1) is 17.2 Å². The lowest BCUT2D eigenvalue weighted by Gasteiger charge is -2.22. The van der Waals surface area contributed by atoms with Gasteiger partial charge >= 0.3 is 0 Å². The molecule has 3 nitrogen and oxygen atoms in total. The Morgan fingerprint density at radius 2 is 1.86 bits per heavy atom. The van der Waals surface area contributed by atoms with Crippen molar-refractivity contribution in [2.75, 3.05) is 0 Å². The molecule has 2 aromatic heterocycles. The zero-order valence-corrected chi connectivity index (χ0v) is 17.0. The van der Waals surface area contributed by atoms with E-state index in [0.717, 1.165) is 33.2 Å². The average molecular weight is 381 g/mol. The SMILES string of the molecule is Cc1cc2c(cc1-c1cccc[n+]1C)oc1c(C3CCCCC3)cc(C#N)cc12. The van der Waals surface area contributed by atoms with E-state index in [4.69, 9.17) is 4.42 Å². The molecule has 0 spiro atoms. The molecule has 5 rings (SSSR count). The standard InChI is InChI=1S/C26H25N2O/c1-17-12-22-23-14-18(16-27)13-21(19-8-4-3-5-9-19)26(23)29-25(22)15-20(17)24-10-6-7-11-28(24)2/h6-7,10-15,19H,3-5,8-9H2,1-2H3/q+1. The van der Waals surface area contributed by atoms with Gasteiger partial charge in [0.25, 0.3) is 0 Å². The smallest absolute Gasteiger partial charge is 0.212 e. The van der Waals surface area contributed by atoms with Crippen LogP contribution in [0.15, 0.2) is 53.1 Å². The van der Waals surface area contributed by atoms with Gasteiger partial charge in [-0.2, -0.15) is 5.26 Å². The molecule has 0 bridgehead atoms. The number of aryl methyl sites for hydroxylation is 2. The summed E-state index contributed by atoms with van der Waals surface area (Å²) >= 11 is 0. The first kappa shape index (κ1) is 17.9. The minimum Gasteiger partial charge on any atom is -0.456 e. The Balaban J connectivity index is 1.77.